The van der Waals surface area contributed by atoms with Gasteiger partial charge in [-0.15, -0.1) is 11.8 Å². The van der Waals surface area contributed by atoms with Crippen LogP contribution in [0.2, 0.25) is 0 Å². The van der Waals surface area contributed by atoms with E-state index in [9.17, 15) is 4.79 Å². The number of carbonyl (C=O) groups excluding carboxylic acids is 1. The van der Waals surface area contributed by atoms with Crippen LogP contribution in [0.15, 0.2) is 23.6 Å². The predicted octanol–water partition coefficient (Wildman–Crippen LogP) is 0.0321. The van der Waals surface area contributed by atoms with Crippen LogP contribution in [0.25, 0.3) is 0 Å². The molecule has 0 spiro atoms. The Bertz CT molecular complexity index is 332. The summed E-state index contributed by atoms with van der Waals surface area (Å²) >= 11 is 1.47. The number of primary amides is 1. The number of aromatic nitrogens is 2. The van der Waals surface area contributed by atoms with E-state index < -0.39 is 5.54 Å². The van der Waals surface area contributed by atoms with E-state index in [1.165, 1.54) is 18.1 Å². The molecule has 1 unspecified atom stereocenters. The number of thioether (sulfide) groups is 1. The Morgan fingerprint density at radius 3 is 2.93 bits per heavy atom. The molecule has 15 heavy (non-hydrogen) atoms. The molecule has 6 heteroatoms. The lowest BCUT2D eigenvalue weighted by atomic mass is 10.1. The van der Waals surface area contributed by atoms with Crippen molar-refractivity contribution in [3.05, 3.63) is 18.6 Å². The maximum Gasteiger partial charge on any atom is 0.238 e. The minimum Gasteiger partial charge on any atom is -0.368 e. The van der Waals surface area contributed by atoms with E-state index in [1.54, 1.807) is 26.2 Å². The third kappa shape index (κ3) is 3.17. The summed E-state index contributed by atoms with van der Waals surface area (Å²) in [5.74, 6) is 0.169. The van der Waals surface area contributed by atoms with Crippen molar-refractivity contribution in [1.29, 1.82) is 0 Å². The topological polar surface area (TPSA) is 80.9 Å². The van der Waals surface area contributed by atoms with Gasteiger partial charge in [-0.1, -0.05) is 0 Å². The average molecular weight is 226 g/mol. The minimum absolute atomic E-state index is 0.369. The molecule has 5 nitrogen and oxygen atoms in total. The zero-order valence-electron chi connectivity index (χ0n) is 8.73. The Labute approximate surface area is 92.9 Å². The van der Waals surface area contributed by atoms with Crippen LogP contribution in [-0.4, -0.2) is 34.2 Å². The number of rotatable bonds is 5. The molecule has 1 rings (SSSR count). The van der Waals surface area contributed by atoms with Crippen LogP contribution in [-0.2, 0) is 4.79 Å². The van der Waals surface area contributed by atoms with E-state index in [4.69, 9.17) is 5.73 Å². The second-order valence-corrected chi connectivity index (χ2v) is 4.28. The smallest absolute Gasteiger partial charge is 0.238 e. The van der Waals surface area contributed by atoms with Gasteiger partial charge in [0.15, 0.2) is 0 Å². The SMILES string of the molecule is CNC(C)(CSc1ccncn1)C(N)=O. The molecule has 0 fully saturated rings. The molecule has 1 atom stereocenters. The molecule has 1 aromatic rings. The summed E-state index contributed by atoms with van der Waals surface area (Å²) in [7, 11) is 1.71. The van der Waals surface area contributed by atoms with Gasteiger partial charge in [0, 0.05) is 11.9 Å². The number of nitrogens with zero attached hydrogens (tertiary/aromatic N) is 2. The van der Waals surface area contributed by atoms with Crippen LogP contribution in [0.1, 0.15) is 6.92 Å². The molecule has 0 bridgehead atoms. The Kier molecular flexibility index (Phi) is 4.05. The van der Waals surface area contributed by atoms with Crippen molar-refractivity contribution in [3.63, 3.8) is 0 Å². The highest BCUT2D eigenvalue weighted by atomic mass is 32.2. The zero-order valence-corrected chi connectivity index (χ0v) is 9.54. The van der Waals surface area contributed by atoms with Crippen molar-refractivity contribution >= 4 is 17.7 Å². The van der Waals surface area contributed by atoms with Crippen molar-refractivity contribution in [2.75, 3.05) is 12.8 Å². The van der Waals surface area contributed by atoms with Crippen LogP contribution >= 0.6 is 11.8 Å². The van der Waals surface area contributed by atoms with Crippen LogP contribution in [0.3, 0.4) is 0 Å². The normalized spacial score (nSPS) is 14.5. The molecular weight excluding hydrogens is 212 g/mol. The molecule has 0 radical (unpaired) electrons. The van der Waals surface area contributed by atoms with Crippen LogP contribution in [0.4, 0.5) is 0 Å². The van der Waals surface area contributed by atoms with Gasteiger partial charge in [-0.2, -0.15) is 0 Å². The number of amides is 1. The summed E-state index contributed by atoms with van der Waals surface area (Å²) in [4.78, 5) is 19.0. The first-order valence-electron chi connectivity index (χ1n) is 4.46. The summed E-state index contributed by atoms with van der Waals surface area (Å²) in [5, 5.41) is 3.74. The first kappa shape index (κ1) is 11.9. The summed E-state index contributed by atoms with van der Waals surface area (Å²) in [6.07, 6.45) is 3.14. The molecule has 0 saturated heterocycles. The Hall–Kier alpha value is -1.14. The number of hydrogen-bond donors (Lipinski definition) is 2. The third-order valence-electron chi connectivity index (χ3n) is 2.16. The Morgan fingerprint density at radius 1 is 1.73 bits per heavy atom. The van der Waals surface area contributed by atoms with Gasteiger partial charge in [-0.05, 0) is 20.0 Å². The van der Waals surface area contributed by atoms with E-state index in [2.05, 4.69) is 15.3 Å². The van der Waals surface area contributed by atoms with E-state index >= 15 is 0 Å². The van der Waals surface area contributed by atoms with Gasteiger partial charge in [0.25, 0.3) is 0 Å². The quantitative estimate of drug-likeness (QED) is 0.547. The molecule has 0 saturated carbocycles. The van der Waals surface area contributed by atoms with Gasteiger partial charge in [-0.3, -0.25) is 4.79 Å². The highest BCUT2D eigenvalue weighted by molar-refractivity contribution is 7.99. The van der Waals surface area contributed by atoms with E-state index in [0.717, 1.165) is 5.03 Å². The van der Waals surface area contributed by atoms with Crippen LogP contribution in [0, 0.1) is 0 Å². The van der Waals surface area contributed by atoms with Gasteiger partial charge in [0.1, 0.15) is 11.9 Å². The Morgan fingerprint density at radius 2 is 2.47 bits per heavy atom. The van der Waals surface area contributed by atoms with Crippen molar-refractivity contribution < 1.29 is 4.79 Å². The fourth-order valence-corrected chi connectivity index (χ4v) is 1.85. The maximum absolute atomic E-state index is 11.2. The summed E-state index contributed by atoms with van der Waals surface area (Å²) < 4.78 is 0. The second-order valence-electron chi connectivity index (χ2n) is 3.28. The number of likely N-dealkylation sites (N-methyl/N-ethyl adjacent to an activating group) is 1. The standard InChI is InChI=1S/C9H14N4OS/c1-9(11-2,8(10)14)5-15-7-3-4-12-6-13-7/h3-4,6,11H,5H2,1-2H3,(H2,10,14). The minimum atomic E-state index is -0.713. The van der Waals surface area contributed by atoms with Gasteiger partial charge < -0.3 is 11.1 Å². The van der Waals surface area contributed by atoms with E-state index in [0.29, 0.717) is 5.75 Å². The van der Waals surface area contributed by atoms with E-state index in [-0.39, 0.29) is 5.91 Å². The van der Waals surface area contributed by atoms with Crippen molar-refractivity contribution in [3.8, 4) is 0 Å². The molecule has 3 N–H and O–H groups in total. The summed E-state index contributed by atoms with van der Waals surface area (Å²) in [6.45, 7) is 1.77. The number of carbonyl (C=O) groups is 1. The maximum atomic E-state index is 11.2. The molecule has 1 amide bonds. The van der Waals surface area contributed by atoms with Gasteiger partial charge in [0.2, 0.25) is 5.91 Å². The largest absolute Gasteiger partial charge is 0.368 e. The molecule has 1 heterocycles. The lowest BCUT2D eigenvalue weighted by molar-refractivity contribution is -0.122. The molecular formula is C9H14N4OS. The van der Waals surface area contributed by atoms with Gasteiger partial charge in [0.05, 0.1) is 5.03 Å². The second kappa shape index (κ2) is 5.09. The Balaban J connectivity index is 2.59. The lowest BCUT2D eigenvalue weighted by Gasteiger charge is -2.24. The molecule has 82 valence electrons. The predicted molar refractivity (Wildman–Crippen MR) is 59.4 cm³/mol. The van der Waals surface area contributed by atoms with Crippen molar-refractivity contribution in [2.45, 2.75) is 17.5 Å². The van der Waals surface area contributed by atoms with Crippen LogP contribution in [0.5, 0.6) is 0 Å². The number of hydrogen-bond acceptors (Lipinski definition) is 5. The van der Waals surface area contributed by atoms with Gasteiger partial charge >= 0.3 is 0 Å². The first-order valence-corrected chi connectivity index (χ1v) is 5.44. The summed E-state index contributed by atoms with van der Waals surface area (Å²) in [6, 6.07) is 1.79. The van der Waals surface area contributed by atoms with Crippen molar-refractivity contribution in [1.82, 2.24) is 15.3 Å². The summed E-state index contributed by atoms with van der Waals surface area (Å²) in [5.41, 5.74) is 4.59. The highest BCUT2D eigenvalue weighted by Crippen LogP contribution is 2.19. The first-order chi connectivity index (χ1) is 7.08. The highest BCUT2D eigenvalue weighted by Gasteiger charge is 2.29. The molecule has 0 aliphatic carbocycles. The molecule has 0 aromatic carbocycles. The monoisotopic (exact) mass is 226 g/mol. The molecule has 0 aliphatic heterocycles. The fraction of sp³-hybridized carbons (Fsp3) is 0.444. The van der Waals surface area contributed by atoms with Crippen molar-refractivity contribution in [2.24, 2.45) is 5.73 Å². The molecule has 1 aromatic heterocycles. The van der Waals surface area contributed by atoms with Gasteiger partial charge in [-0.25, -0.2) is 9.97 Å². The zero-order chi connectivity index (χ0) is 11.3. The lowest BCUT2D eigenvalue weighted by Crippen LogP contribution is -2.53. The fourth-order valence-electron chi connectivity index (χ4n) is 0.849. The number of nitrogens with one attached hydrogen (secondary N) is 1. The average Bonchev–Trinajstić information content (AvgIpc) is 2.27. The van der Waals surface area contributed by atoms with E-state index in [1.807, 2.05) is 0 Å². The number of nitrogens with two attached hydrogens (primary N) is 1. The van der Waals surface area contributed by atoms with Crippen LogP contribution < -0.4 is 11.1 Å². The molecule has 0 aliphatic rings. The third-order valence-corrected chi connectivity index (χ3v) is 3.42.